The molecule has 0 amide bonds. The highest BCUT2D eigenvalue weighted by Gasteiger charge is 2.08. The van der Waals surface area contributed by atoms with Gasteiger partial charge in [-0.05, 0) is 22.0 Å². The number of aromatic amines is 1. The van der Waals surface area contributed by atoms with Crippen LogP contribution in [0.2, 0.25) is 5.02 Å². The van der Waals surface area contributed by atoms with E-state index in [-0.39, 0.29) is 0 Å². The number of nitrogens with zero attached hydrogens (tertiary/aromatic N) is 3. The van der Waals surface area contributed by atoms with Gasteiger partial charge < -0.3 is 0 Å². The minimum atomic E-state index is 0.498. The summed E-state index contributed by atoms with van der Waals surface area (Å²) in [5.74, 6) is 0.498. The fourth-order valence-electron chi connectivity index (χ4n) is 0.902. The number of H-pyrrole nitrogens is 1. The molecule has 0 aliphatic rings. The Bertz CT molecular complexity index is 414. The molecule has 2 aromatic heterocycles. The summed E-state index contributed by atoms with van der Waals surface area (Å²) < 4.78 is 0.830. The summed E-state index contributed by atoms with van der Waals surface area (Å²) in [4.78, 5) is 8.04. The third-order valence-electron chi connectivity index (χ3n) is 1.43. The highest BCUT2D eigenvalue weighted by Crippen LogP contribution is 2.24. The molecule has 66 valence electrons. The molecule has 0 spiro atoms. The van der Waals surface area contributed by atoms with E-state index in [1.807, 2.05) is 0 Å². The Hall–Kier alpha value is -0.940. The summed E-state index contributed by atoms with van der Waals surface area (Å²) in [6, 6.07) is 1.75. The molecule has 0 aliphatic carbocycles. The van der Waals surface area contributed by atoms with Crippen molar-refractivity contribution in [3.8, 4) is 11.5 Å². The lowest BCUT2D eigenvalue weighted by Crippen LogP contribution is -1.87. The Labute approximate surface area is 87.5 Å². The van der Waals surface area contributed by atoms with Gasteiger partial charge in [-0.25, -0.2) is 4.98 Å². The van der Waals surface area contributed by atoms with Gasteiger partial charge in [-0.3, -0.25) is 10.1 Å². The average molecular weight is 259 g/mol. The van der Waals surface area contributed by atoms with E-state index in [1.54, 1.807) is 12.3 Å². The van der Waals surface area contributed by atoms with Gasteiger partial charge in [-0.15, -0.1) is 0 Å². The van der Waals surface area contributed by atoms with Crippen LogP contribution in [0.4, 0.5) is 0 Å². The lowest BCUT2D eigenvalue weighted by molar-refractivity contribution is 1.08. The zero-order valence-electron chi connectivity index (χ0n) is 6.33. The highest BCUT2D eigenvalue weighted by atomic mass is 79.9. The lowest BCUT2D eigenvalue weighted by atomic mass is 10.3. The molecule has 0 saturated heterocycles. The fourth-order valence-corrected chi connectivity index (χ4v) is 1.62. The predicted molar refractivity (Wildman–Crippen MR) is 52.3 cm³/mol. The molecule has 0 bridgehead atoms. The van der Waals surface area contributed by atoms with Crippen LogP contribution in [0, 0.1) is 0 Å². The topological polar surface area (TPSA) is 54.5 Å². The van der Waals surface area contributed by atoms with Crippen LogP contribution in [-0.2, 0) is 0 Å². The summed E-state index contributed by atoms with van der Waals surface area (Å²) in [6.45, 7) is 0. The molecule has 2 aromatic rings. The van der Waals surface area contributed by atoms with Gasteiger partial charge in [0.05, 0.1) is 5.02 Å². The van der Waals surface area contributed by atoms with E-state index in [0.717, 1.165) is 4.47 Å². The molecule has 13 heavy (non-hydrogen) atoms. The highest BCUT2D eigenvalue weighted by molar-refractivity contribution is 9.10. The average Bonchev–Trinajstić information content (AvgIpc) is 2.56. The summed E-state index contributed by atoms with van der Waals surface area (Å²) in [6.07, 6.45) is 3.13. The molecule has 0 aliphatic heterocycles. The zero-order chi connectivity index (χ0) is 9.26. The molecule has 1 N–H and O–H groups in total. The minimum absolute atomic E-state index is 0.498. The van der Waals surface area contributed by atoms with Crippen LogP contribution in [-0.4, -0.2) is 20.2 Å². The van der Waals surface area contributed by atoms with E-state index < -0.39 is 0 Å². The normalized spacial score (nSPS) is 10.3. The van der Waals surface area contributed by atoms with E-state index in [2.05, 4.69) is 36.1 Å². The molecule has 2 heterocycles. The van der Waals surface area contributed by atoms with E-state index in [4.69, 9.17) is 11.6 Å². The van der Waals surface area contributed by atoms with E-state index >= 15 is 0 Å². The Balaban J connectivity index is 2.53. The Kier molecular flexibility index (Phi) is 2.28. The third kappa shape index (κ3) is 1.71. The zero-order valence-corrected chi connectivity index (χ0v) is 8.67. The first-order valence-electron chi connectivity index (χ1n) is 3.44. The largest absolute Gasteiger partial charge is 0.265 e. The second-order valence-electron chi connectivity index (χ2n) is 2.31. The quantitative estimate of drug-likeness (QED) is 0.855. The Morgan fingerprint density at radius 1 is 1.38 bits per heavy atom. The molecular weight excluding hydrogens is 255 g/mol. The van der Waals surface area contributed by atoms with Crippen molar-refractivity contribution >= 4 is 27.5 Å². The SMILES string of the molecule is Clc1cc(Br)cnc1-c1nc[nH]n1. The maximum atomic E-state index is 5.93. The first kappa shape index (κ1) is 8.65. The van der Waals surface area contributed by atoms with Gasteiger partial charge in [0.1, 0.15) is 12.0 Å². The molecular formula is C7H4BrClN4. The second kappa shape index (κ2) is 3.43. The van der Waals surface area contributed by atoms with Crippen molar-refractivity contribution < 1.29 is 0 Å². The van der Waals surface area contributed by atoms with Crippen molar-refractivity contribution in [3.05, 3.63) is 28.1 Å². The van der Waals surface area contributed by atoms with E-state index in [1.165, 1.54) is 6.33 Å². The van der Waals surface area contributed by atoms with Gasteiger partial charge in [0.25, 0.3) is 0 Å². The Morgan fingerprint density at radius 2 is 2.23 bits per heavy atom. The molecule has 0 unspecified atom stereocenters. The molecule has 6 heteroatoms. The van der Waals surface area contributed by atoms with Crippen LogP contribution >= 0.6 is 27.5 Å². The summed E-state index contributed by atoms with van der Waals surface area (Å²) in [5.41, 5.74) is 0.575. The summed E-state index contributed by atoms with van der Waals surface area (Å²) in [7, 11) is 0. The van der Waals surface area contributed by atoms with Crippen molar-refractivity contribution in [2.45, 2.75) is 0 Å². The summed E-state index contributed by atoms with van der Waals surface area (Å²) in [5, 5.41) is 7.00. The van der Waals surface area contributed by atoms with Crippen LogP contribution < -0.4 is 0 Å². The Morgan fingerprint density at radius 3 is 2.85 bits per heavy atom. The van der Waals surface area contributed by atoms with Crippen molar-refractivity contribution in [1.82, 2.24) is 20.2 Å². The molecule has 4 nitrogen and oxygen atoms in total. The number of hydrogen-bond donors (Lipinski definition) is 1. The van der Waals surface area contributed by atoms with Gasteiger partial charge in [0, 0.05) is 10.7 Å². The molecule has 0 atom stereocenters. The molecule has 0 saturated carbocycles. The smallest absolute Gasteiger partial charge is 0.201 e. The van der Waals surface area contributed by atoms with Crippen LogP contribution in [0.15, 0.2) is 23.1 Å². The lowest BCUT2D eigenvalue weighted by Gasteiger charge is -1.97. The van der Waals surface area contributed by atoms with Crippen LogP contribution in [0.3, 0.4) is 0 Å². The molecule has 0 fully saturated rings. The van der Waals surface area contributed by atoms with Gasteiger partial charge in [0.15, 0.2) is 0 Å². The van der Waals surface area contributed by atoms with Crippen molar-refractivity contribution in [2.24, 2.45) is 0 Å². The monoisotopic (exact) mass is 258 g/mol. The number of rotatable bonds is 1. The number of pyridine rings is 1. The first-order chi connectivity index (χ1) is 6.27. The second-order valence-corrected chi connectivity index (χ2v) is 3.63. The minimum Gasteiger partial charge on any atom is -0.265 e. The maximum absolute atomic E-state index is 5.93. The fraction of sp³-hybridized carbons (Fsp3) is 0. The third-order valence-corrected chi connectivity index (χ3v) is 2.16. The van der Waals surface area contributed by atoms with Gasteiger partial charge >= 0.3 is 0 Å². The van der Waals surface area contributed by atoms with Crippen LogP contribution in [0.5, 0.6) is 0 Å². The predicted octanol–water partition coefficient (Wildman–Crippen LogP) is 2.28. The van der Waals surface area contributed by atoms with Crippen molar-refractivity contribution in [2.75, 3.05) is 0 Å². The number of aromatic nitrogens is 4. The summed E-state index contributed by atoms with van der Waals surface area (Å²) >= 11 is 9.20. The number of halogens is 2. The number of hydrogen-bond acceptors (Lipinski definition) is 3. The molecule has 0 aromatic carbocycles. The van der Waals surface area contributed by atoms with E-state index in [9.17, 15) is 0 Å². The van der Waals surface area contributed by atoms with Crippen LogP contribution in [0.1, 0.15) is 0 Å². The first-order valence-corrected chi connectivity index (χ1v) is 4.61. The van der Waals surface area contributed by atoms with Gasteiger partial charge in [-0.2, -0.15) is 5.10 Å². The van der Waals surface area contributed by atoms with Crippen molar-refractivity contribution in [1.29, 1.82) is 0 Å². The van der Waals surface area contributed by atoms with E-state index in [0.29, 0.717) is 16.5 Å². The van der Waals surface area contributed by atoms with Crippen molar-refractivity contribution in [3.63, 3.8) is 0 Å². The molecule has 2 rings (SSSR count). The van der Waals surface area contributed by atoms with Crippen LogP contribution in [0.25, 0.3) is 11.5 Å². The molecule has 0 radical (unpaired) electrons. The van der Waals surface area contributed by atoms with Gasteiger partial charge in [0.2, 0.25) is 5.82 Å². The maximum Gasteiger partial charge on any atom is 0.201 e. The number of nitrogens with one attached hydrogen (secondary N) is 1. The van der Waals surface area contributed by atoms with Gasteiger partial charge in [-0.1, -0.05) is 11.6 Å². The standard InChI is InChI=1S/C7H4BrClN4/c8-4-1-5(9)6(10-2-4)7-11-3-12-13-7/h1-3H,(H,11,12,13).